The Balaban J connectivity index is 1.62. The predicted octanol–water partition coefficient (Wildman–Crippen LogP) is 1.34. The monoisotopic (exact) mass is 356 g/mol. The van der Waals surface area contributed by atoms with E-state index in [2.05, 4.69) is 0 Å². The Morgan fingerprint density at radius 3 is 2.50 bits per heavy atom. The third-order valence-corrected chi connectivity index (χ3v) is 5.73. The van der Waals surface area contributed by atoms with Gasteiger partial charge in [0.2, 0.25) is 0 Å². The number of aryl methyl sites for hydroxylation is 1. The number of fused-ring (bicyclic) bond motifs is 4. The Kier molecular flexibility index (Phi) is 3.76. The van der Waals surface area contributed by atoms with E-state index >= 15 is 0 Å². The lowest BCUT2D eigenvalue weighted by atomic mass is 10.0. The molecule has 1 aromatic carbocycles. The minimum absolute atomic E-state index is 0.101. The molecule has 3 saturated heterocycles. The predicted molar refractivity (Wildman–Crippen MR) is 81.7 cm³/mol. The van der Waals surface area contributed by atoms with Gasteiger partial charge in [-0.15, -0.1) is 0 Å². The van der Waals surface area contributed by atoms with Gasteiger partial charge in [0.15, 0.2) is 12.1 Å². The van der Waals surface area contributed by atoms with Gasteiger partial charge in [-0.2, -0.15) is 8.42 Å². The quantitative estimate of drug-likeness (QED) is 0.756. The summed E-state index contributed by atoms with van der Waals surface area (Å²) >= 11 is 0. The van der Waals surface area contributed by atoms with Crippen LogP contribution < -0.4 is 0 Å². The van der Waals surface area contributed by atoms with Gasteiger partial charge >= 0.3 is 0 Å². The summed E-state index contributed by atoms with van der Waals surface area (Å²) in [6.07, 6.45) is -2.96. The highest BCUT2D eigenvalue weighted by Crippen LogP contribution is 2.42. The first-order valence-corrected chi connectivity index (χ1v) is 9.29. The van der Waals surface area contributed by atoms with Crippen LogP contribution in [-0.2, 0) is 33.2 Å². The van der Waals surface area contributed by atoms with E-state index in [0.29, 0.717) is 0 Å². The van der Waals surface area contributed by atoms with E-state index in [9.17, 15) is 8.42 Å². The van der Waals surface area contributed by atoms with Gasteiger partial charge in [-0.1, -0.05) is 17.7 Å². The van der Waals surface area contributed by atoms with Crippen LogP contribution in [0.25, 0.3) is 0 Å². The van der Waals surface area contributed by atoms with Gasteiger partial charge in [-0.05, 0) is 32.9 Å². The zero-order valence-electron chi connectivity index (χ0n) is 13.7. The third kappa shape index (κ3) is 2.77. The molecule has 24 heavy (non-hydrogen) atoms. The second-order valence-electron chi connectivity index (χ2n) is 6.77. The summed E-state index contributed by atoms with van der Waals surface area (Å²) in [7, 11) is -3.95. The molecule has 1 aromatic rings. The molecule has 3 heterocycles. The van der Waals surface area contributed by atoms with Crippen molar-refractivity contribution < 1.29 is 31.5 Å². The first kappa shape index (κ1) is 16.4. The number of rotatable bonds is 3. The molecular weight excluding hydrogens is 336 g/mol. The van der Waals surface area contributed by atoms with Crippen molar-refractivity contribution in [1.82, 2.24) is 0 Å². The van der Waals surface area contributed by atoms with Crippen LogP contribution in [0.1, 0.15) is 19.4 Å². The first-order valence-electron chi connectivity index (χ1n) is 7.88. The van der Waals surface area contributed by atoms with Crippen LogP contribution in [-0.4, -0.2) is 51.5 Å². The lowest BCUT2D eigenvalue weighted by Crippen LogP contribution is -2.54. The number of hydrogen-bond acceptors (Lipinski definition) is 7. The van der Waals surface area contributed by atoms with Crippen molar-refractivity contribution in [2.75, 3.05) is 6.61 Å². The van der Waals surface area contributed by atoms with Gasteiger partial charge in [0, 0.05) is 0 Å². The smallest absolute Gasteiger partial charge is 0.297 e. The Labute approximate surface area is 140 Å². The maximum atomic E-state index is 12.6. The highest BCUT2D eigenvalue weighted by Gasteiger charge is 2.60. The number of ether oxygens (including phenoxy) is 4. The molecule has 7 nitrogen and oxygen atoms in total. The molecule has 132 valence electrons. The third-order valence-electron chi connectivity index (χ3n) is 4.40. The molecule has 0 aromatic heterocycles. The largest absolute Gasteiger partial charge is 0.347 e. The molecule has 3 aliphatic heterocycles. The zero-order chi connectivity index (χ0) is 17.1. The average Bonchev–Trinajstić information content (AvgIpc) is 3.07. The number of hydrogen-bond donors (Lipinski definition) is 0. The second kappa shape index (κ2) is 5.48. The molecule has 2 bridgehead atoms. The second-order valence-corrected chi connectivity index (χ2v) is 8.34. The van der Waals surface area contributed by atoms with Crippen LogP contribution in [0.2, 0.25) is 0 Å². The summed E-state index contributed by atoms with van der Waals surface area (Å²) in [4.78, 5) is 0.101. The lowest BCUT2D eigenvalue weighted by Gasteiger charge is -2.34. The van der Waals surface area contributed by atoms with Gasteiger partial charge in [-0.3, -0.25) is 4.18 Å². The van der Waals surface area contributed by atoms with Gasteiger partial charge < -0.3 is 18.9 Å². The van der Waals surface area contributed by atoms with Gasteiger partial charge in [0.05, 0.1) is 11.5 Å². The average molecular weight is 356 g/mol. The van der Waals surface area contributed by atoms with Crippen molar-refractivity contribution >= 4 is 10.1 Å². The molecule has 0 aliphatic carbocycles. The number of benzene rings is 1. The Hall–Kier alpha value is -1.03. The fraction of sp³-hybridized carbons (Fsp3) is 0.625. The van der Waals surface area contributed by atoms with Crippen LogP contribution >= 0.6 is 0 Å². The molecule has 0 saturated carbocycles. The van der Waals surface area contributed by atoms with Crippen LogP contribution in [0, 0.1) is 6.92 Å². The van der Waals surface area contributed by atoms with Crippen molar-refractivity contribution in [1.29, 1.82) is 0 Å². The summed E-state index contributed by atoms with van der Waals surface area (Å²) in [6, 6.07) is 6.50. The van der Waals surface area contributed by atoms with Crippen LogP contribution in [0.15, 0.2) is 29.2 Å². The van der Waals surface area contributed by atoms with E-state index in [1.807, 2.05) is 6.92 Å². The van der Waals surface area contributed by atoms with E-state index in [-0.39, 0.29) is 11.5 Å². The molecule has 0 unspecified atom stereocenters. The van der Waals surface area contributed by atoms with E-state index in [4.69, 9.17) is 23.1 Å². The molecule has 0 radical (unpaired) electrons. The standard InChI is InChI=1S/C16H20O7S/c1-9-4-6-10(7-5-9)24(17,18)23-12-11-8-19-15(20-11)14-13(12)21-16(2,3)22-14/h4-7,11-15H,8H2,1-3H3/t11-,12-,13-,14+,15+/m1/s1. The molecule has 3 fully saturated rings. The van der Waals surface area contributed by atoms with E-state index in [1.54, 1.807) is 26.0 Å². The fourth-order valence-corrected chi connectivity index (χ4v) is 4.41. The summed E-state index contributed by atoms with van der Waals surface area (Å²) in [6.45, 7) is 5.67. The molecular formula is C16H20O7S. The summed E-state index contributed by atoms with van der Waals surface area (Å²) in [5, 5.41) is 0. The molecule has 0 amide bonds. The molecule has 5 atom stereocenters. The fourth-order valence-electron chi connectivity index (χ4n) is 3.30. The van der Waals surface area contributed by atoms with Crippen LogP contribution in [0.5, 0.6) is 0 Å². The van der Waals surface area contributed by atoms with Crippen LogP contribution in [0.3, 0.4) is 0 Å². The molecule has 0 spiro atoms. The highest BCUT2D eigenvalue weighted by molar-refractivity contribution is 7.86. The maximum Gasteiger partial charge on any atom is 0.297 e. The lowest BCUT2D eigenvalue weighted by molar-refractivity contribution is -0.195. The van der Waals surface area contributed by atoms with Gasteiger partial charge in [-0.25, -0.2) is 0 Å². The minimum Gasteiger partial charge on any atom is -0.347 e. The molecule has 4 rings (SSSR count). The molecule has 3 aliphatic rings. The topological polar surface area (TPSA) is 80.3 Å². The van der Waals surface area contributed by atoms with Gasteiger partial charge in [0.25, 0.3) is 10.1 Å². The van der Waals surface area contributed by atoms with E-state index in [1.165, 1.54) is 12.1 Å². The van der Waals surface area contributed by atoms with Gasteiger partial charge in [0.1, 0.15) is 24.4 Å². The van der Waals surface area contributed by atoms with E-state index < -0.39 is 46.6 Å². The van der Waals surface area contributed by atoms with Crippen LogP contribution in [0.4, 0.5) is 0 Å². The van der Waals surface area contributed by atoms with E-state index in [0.717, 1.165) is 5.56 Å². The Morgan fingerprint density at radius 2 is 1.79 bits per heavy atom. The zero-order valence-corrected chi connectivity index (χ0v) is 14.5. The molecule has 0 N–H and O–H groups in total. The SMILES string of the molecule is Cc1ccc(S(=O)(=O)O[C@H]2[C@H]3OC(C)(C)O[C@@H]3[C@H]3OC[C@H]2O3)cc1. The Morgan fingerprint density at radius 1 is 1.12 bits per heavy atom. The summed E-state index contributed by atoms with van der Waals surface area (Å²) in [5.41, 5.74) is 0.969. The van der Waals surface area contributed by atoms with Crippen molar-refractivity contribution in [3.63, 3.8) is 0 Å². The summed E-state index contributed by atoms with van der Waals surface area (Å²) in [5.74, 6) is -0.845. The van der Waals surface area contributed by atoms with Crippen molar-refractivity contribution in [3.05, 3.63) is 29.8 Å². The highest BCUT2D eigenvalue weighted by atomic mass is 32.2. The summed E-state index contributed by atoms with van der Waals surface area (Å²) < 4.78 is 53.7. The molecule has 8 heteroatoms. The Bertz CT molecular complexity index is 727. The first-order chi connectivity index (χ1) is 11.3. The van der Waals surface area contributed by atoms with Crippen molar-refractivity contribution in [2.45, 2.75) is 62.2 Å². The maximum absolute atomic E-state index is 12.6. The minimum atomic E-state index is -3.95. The normalized spacial score (nSPS) is 37.4. The van der Waals surface area contributed by atoms with Crippen molar-refractivity contribution in [3.8, 4) is 0 Å². The van der Waals surface area contributed by atoms with Crippen molar-refractivity contribution in [2.24, 2.45) is 0 Å².